The second-order valence-electron chi connectivity index (χ2n) is 6.87. The molecule has 2 amide bonds. The van der Waals surface area contributed by atoms with Crippen LogP contribution in [0.25, 0.3) is 0 Å². The Morgan fingerprint density at radius 1 is 1.00 bits per heavy atom. The third-order valence-electron chi connectivity index (χ3n) is 4.96. The quantitative estimate of drug-likeness (QED) is 0.749. The van der Waals surface area contributed by atoms with Gasteiger partial charge >= 0.3 is 0 Å². The molecule has 25 heavy (non-hydrogen) atoms. The van der Waals surface area contributed by atoms with Crippen molar-refractivity contribution in [1.82, 2.24) is 24.8 Å². The summed E-state index contributed by atoms with van der Waals surface area (Å²) in [4.78, 5) is 32.0. The first-order valence-electron chi connectivity index (χ1n) is 8.91. The molecule has 0 saturated carbocycles. The summed E-state index contributed by atoms with van der Waals surface area (Å²) < 4.78 is 5.11. The Labute approximate surface area is 148 Å². The molecule has 0 N–H and O–H groups in total. The Bertz CT molecular complexity index is 601. The molecular weight excluding hydrogens is 322 g/mol. The van der Waals surface area contributed by atoms with Crippen molar-refractivity contribution in [2.75, 3.05) is 58.9 Å². The van der Waals surface area contributed by atoms with E-state index in [0.717, 1.165) is 44.2 Å². The Balaban J connectivity index is 1.38. The van der Waals surface area contributed by atoms with Crippen molar-refractivity contribution < 1.29 is 14.1 Å². The zero-order valence-electron chi connectivity index (χ0n) is 15.1. The van der Waals surface area contributed by atoms with Crippen molar-refractivity contribution >= 4 is 11.8 Å². The van der Waals surface area contributed by atoms with Gasteiger partial charge in [0.25, 0.3) is 0 Å². The average Bonchev–Trinajstić information content (AvgIpc) is 3.01. The second-order valence-corrected chi connectivity index (χ2v) is 6.87. The topological polar surface area (TPSA) is 73.1 Å². The van der Waals surface area contributed by atoms with Gasteiger partial charge in [0, 0.05) is 71.9 Å². The van der Waals surface area contributed by atoms with Gasteiger partial charge in [-0.25, -0.2) is 0 Å². The molecule has 1 aromatic heterocycles. The smallest absolute Gasteiger partial charge is 0.236 e. The minimum atomic E-state index is 0.0885. The van der Waals surface area contributed by atoms with Gasteiger partial charge in [0.05, 0.1) is 12.2 Å². The maximum atomic E-state index is 12.5. The minimum Gasteiger partial charge on any atom is -0.361 e. The number of piperazine rings is 2. The number of rotatable bonds is 4. The Kier molecular flexibility index (Phi) is 5.70. The van der Waals surface area contributed by atoms with E-state index in [9.17, 15) is 9.59 Å². The van der Waals surface area contributed by atoms with Crippen LogP contribution in [-0.4, -0.2) is 95.5 Å². The van der Waals surface area contributed by atoms with E-state index in [1.807, 2.05) is 17.9 Å². The van der Waals surface area contributed by atoms with Crippen LogP contribution >= 0.6 is 0 Å². The number of carbonyl (C=O) groups excluding carboxylic acids is 2. The summed E-state index contributed by atoms with van der Waals surface area (Å²) in [6, 6.07) is 1.97. The molecule has 0 atom stereocenters. The molecule has 1 aromatic rings. The number of aryl methyl sites for hydroxylation is 1. The fourth-order valence-corrected chi connectivity index (χ4v) is 3.39. The summed E-state index contributed by atoms with van der Waals surface area (Å²) in [6.45, 7) is 10.9. The van der Waals surface area contributed by atoms with Crippen molar-refractivity contribution in [3.63, 3.8) is 0 Å². The molecule has 2 aliphatic rings. The van der Waals surface area contributed by atoms with Crippen molar-refractivity contribution in [1.29, 1.82) is 0 Å². The van der Waals surface area contributed by atoms with Gasteiger partial charge in [0.2, 0.25) is 11.8 Å². The number of amides is 2. The van der Waals surface area contributed by atoms with Crippen LogP contribution in [0.2, 0.25) is 0 Å². The molecular formula is C17H27N5O3. The van der Waals surface area contributed by atoms with E-state index in [2.05, 4.69) is 15.0 Å². The third kappa shape index (κ3) is 4.79. The van der Waals surface area contributed by atoms with Gasteiger partial charge in [-0.3, -0.25) is 19.4 Å². The first-order valence-corrected chi connectivity index (χ1v) is 8.91. The molecule has 2 fully saturated rings. The van der Waals surface area contributed by atoms with Crippen LogP contribution in [0.5, 0.6) is 0 Å². The van der Waals surface area contributed by atoms with Crippen LogP contribution in [0.4, 0.5) is 0 Å². The van der Waals surface area contributed by atoms with Crippen molar-refractivity contribution in [3.05, 3.63) is 17.5 Å². The van der Waals surface area contributed by atoms with E-state index in [-0.39, 0.29) is 11.8 Å². The minimum absolute atomic E-state index is 0.0885. The number of nitrogens with zero attached hydrogens (tertiary/aromatic N) is 5. The van der Waals surface area contributed by atoms with Crippen LogP contribution in [0, 0.1) is 6.92 Å². The number of hydrogen-bond acceptors (Lipinski definition) is 6. The lowest BCUT2D eigenvalue weighted by Crippen LogP contribution is -2.54. The molecule has 0 aliphatic carbocycles. The van der Waals surface area contributed by atoms with Gasteiger partial charge in [-0.05, 0) is 6.92 Å². The zero-order valence-corrected chi connectivity index (χ0v) is 15.1. The fraction of sp³-hybridized carbons (Fsp3) is 0.706. The van der Waals surface area contributed by atoms with E-state index in [4.69, 9.17) is 4.52 Å². The van der Waals surface area contributed by atoms with Gasteiger partial charge in [0.1, 0.15) is 5.76 Å². The molecule has 138 valence electrons. The number of carbonyl (C=O) groups is 2. The maximum Gasteiger partial charge on any atom is 0.236 e. The SMILES string of the molecule is CC(=O)N1CCN(C(=O)CN2CCN(Cc3cc(C)on3)CC2)CC1. The summed E-state index contributed by atoms with van der Waals surface area (Å²) in [6.07, 6.45) is 0. The Hall–Kier alpha value is -1.93. The van der Waals surface area contributed by atoms with E-state index in [1.54, 1.807) is 11.8 Å². The molecule has 3 heterocycles. The summed E-state index contributed by atoms with van der Waals surface area (Å²) >= 11 is 0. The van der Waals surface area contributed by atoms with Crippen LogP contribution in [-0.2, 0) is 16.1 Å². The lowest BCUT2D eigenvalue weighted by molar-refractivity contribution is -0.139. The second kappa shape index (κ2) is 7.97. The largest absolute Gasteiger partial charge is 0.361 e. The van der Waals surface area contributed by atoms with E-state index < -0.39 is 0 Å². The molecule has 0 bridgehead atoms. The predicted molar refractivity (Wildman–Crippen MR) is 91.8 cm³/mol. The van der Waals surface area contributed by atoms with Crippen LogP contribution < -0.4 is 0 Å². The highest BCUT2D eigenvalue weighted by molar-refractivity contribution is 5.79. The van der Waals surface area contributed by atoms with Gasteiger partial charge in [0.15, 0.2) is 0 Å². The molecule has 0 radical (unpaired) electrons. The predicted octanol–water partition coefficient (Wildman–Crippen LogP) is -0.209. The van der Waals surface area contributed by atoms with Gasteiger partial charge in [-0.15, -0.1) is 0 Å². The molecule has 8 nitrogen and oxygen atoms in total. The monoisotopic (exact) mass is 349 g/mol. The molecule has 0 unspecified atom stereocenters. The van der Waals surface area contributed by atoms with Crippen molar-refractivity contribution in [2.24, 2.45) is 0 Å². The third-order valence-corrected chi connectivity index (χ3v) is 4.96. The first-order chi connectivity index (χ1) is 12.0. The van der Waals surface area contributed by atoms with Crippen LogP contribution in [0.15, 0.2) is 10.6 Å². The van der Waals surface area contributed by atoms with Gasteiger partial charge in [-0.1, -0.05) is 5.16 Å². The first kappa shape index (κ1) is 17.9. The molecule has 2 aliphatic heterocycles. The molecule has 0 aromatic carbocycles. The van der Waals surface area contributed by atoms with Crippen LogP contribution in [0.1, 0.15) is 18.4 Å². The number of aromatic nitrogens is 1. The summed E-state index contributed by atoms with van der Waals surface area (Å²) in [5.74, 6) is 1.10. The highest BCUT2D eigenvalue weighted by Crippen LogP contribution is 2.10. The van der Waals surface area contributed by atoms with E-state index in [1.165, 1.54) is 0 Å². The van der Waals surface area contributed by atoms with Crippen molar-refractivity contribution in [3.8, 4) is 0 Å². The van der Waals surface area contributed by atoms with Gasteiger partial charge in [-0.2, -0.15) is 0 Å². The Morgan fingerprint density at radius 3 is 2.16 bits per heavy atom. The molecule has 8 heteroatoms. The van der Waals surface area contributed by atoms with E-state index >= 15 is 0 Å². The van der Waals surface area contributed by atoms with E-state index in [0.29, 0.717) is 32.7 Å². The lowest BCUT2D eigenvalue weighted by atomic mass is 10.2. The lowest BCUT2D eigenvalue weighted by Gasteiger charge is -2.37. The normalized spacial score (nSPS) is 20.1. The average molecular weight is 349 g/mol. The highest BCUT2D eigenvalue weighted by atomic mass is 16.5. The Morgan fingerprint density at radius 2 is 1.60 bits per heavy atom. The van der Waals surface area contributed by atoms with Crippen molar-refractivity contribution in [2.45, 2.75) is 20.4 Å². The van der Waals surface area contributed by atoms with Gasteiger partial charge < -0.3 is 14.3 Å². The zero-order chi connectivity index (χ0) is 17.8. The summed E-state index contributed by atoms with van der Waals surface area (Å²) in [5, 5.41) is 4.04. The fourth-order valence-electron chi connectivity index (χ4n) is 3.39. The van der Waals surface area contributed by atoms with Crippen LogP contribution in [0.3, 0.4) is 0 Å². The molecule has 2 saturated heterocycles. The molecule has 3 rings (SSSR count). The summed E-state index contributed by atoms with van der Waals surface area (Å²) in [7, 11) is 0. The maximum absolute atomic E-state index is 12.5. The highest BCUT2D eigenvalue weighted by Gasteiger charge is 2.25. The summed E-state index contributed by atoms with van der Waals surface area (Å²) in [5.41, 5.74) is 0.963. The molecule has 0 spiro atoms. The standard InChI is InChI=1S/C17H27N5O3/c1-14-11-16(18-25-14)12-19-3-5-20(6-4-19)13-17(24)22-9-7-21(8-10-22)15(2)23/h11H,3-10,12-13H2,1-2H3. The number of hydrogen-bond donors (Lipinski definition) is 0.